The van der Waals surface area contributed by atoms with E-state index in [1.807, 2.05) is 0 Å². The molecule has 2 rings (SSSR count). The smallest absolute Gasteiger partial charge is 0.379 e. The van der Waals surface area contributed by atoms with Gasteiger partial charge >= 0.3 is 5.97 Å². The van der Waals surface area contributed by atoms with Crippen LogP contribution < -0.4 is 0 Å². The van der Waals surface area contributed by atoms with Gasteiger partial charge in [-0.25, -0.2) is 4.79 Å². The van der Waals surface area contributed by atoms with E-state index in [0.717, 1.165) is 4.90 Å². The van der Waals surface area contributed by atoms with Crippen molar-refractivity contribution in [1.82, 2.24) is 4.90 Å². The molecule has 0 atom stereocenters. The molecule has 26 heavy (non-hydrogen) atoms. The molecule has 1 aromatic rings. The minimum Gasteiger partial charge on any atom is -0.457 e. The number of Topliss-reactive ketones (excluding diaryl/α,β-unsaturated/α-hetero) is 1. The number of imide groups is 1. The van der Waals surface area contributed by atoms with E-state index in [9.17, 15) is 19.2 Å². The molecule has 0 fully saturated rings. The van der Waals surface area contributed by atoms with Gasteiger partial charge in [-0.05, 0) is 0 Å². The van der Waals surface area contributed by atoms with Crippen molar-refractivity contribution in [3.05, 3.63) is 48.0 Å². The Kier molecular flexibility index (Phi) is 7.66. The standard InChI is InChI=1S/C18H19NO7/c20-15-6-7-16(21)19(15)8-9-24-10-11-25-12-13-26-18(23)17(22)14-4-2-1-3-5-14/h1-7H,8-13H2. The highest BCUT2D eigenvalue weighted by Gasteiger charge is 2.22. The number of hydrogen-bond acceptors (Lipinski definition) is 7. The topological polar surface area (TPSA) is 99.2 Å². The molecule has 0 saturated carbocycles. The van der Waals surface area contributed by atoms with E-state index in [0.29, 0.717) is 0 Å². The maximum atomic E-state index is 11.7. The van der Waals surface area contributed by atoms with Crippen molar-refractivity contribution in [2.45, 2.75) is 0 Å². The van der Waals surface area contributed by atoms with Gasteiger partial charge in [-0.15, -0.1) is 0 Å². The average Bonchev–Trinajstić information content (AvgIpc) is 2.98. The summed E-state index contributed by atoms with van der Waals surface area (Å²) in [4.78, 5) is 47.0. The molecule has 0 bridgehead atoms. The number of benzene rings is 1. The Morgan fingerprint density at radius 1 is 0.808 bits per heavy atom. The summed E-state index contributed by atoms with van der Waals surface area (Å²) < 4.78 is 15.3. The summed E-state index contributed by atoms with van der Waals surface area (Å²) in [6.07, 6.45) is 2.44. The molecule has 1 heterocycles. The molecule has 0 aromatic heterocycles. The molecule has 0 aliphatic carbocycles. The molecular formula is C18H19NO7. The molecule has 0 radical (unpaired) electrons. The van der Waals surface area contributed by atoms with Crippen molar-refractivity contribution in [3.63, 3.8) is 0 Å². The van der Waals surface area contributed by atoms with Gasteiger partial charge in [0.1, 0.15) is 6.61 Å². The second kappa shape index (κ2) is 10.2. The lowest BCUT2D eigenvalue weighted by molar-refractivity contribution is -0.140. The molecule has 0 spiro atoms. The lowest BCUT2D eigenvalue weighted by Gasteiger charge is -2.13. The lowest BCUT2D eigenvalue weighted by Crippen LogP contribution is -2.33. The van der Waals surface area contributed by atoms with E-state index in [-0.39, 0.29) is 57.0 Å². The summed E-state index contributed by atoms with van der Waals surface area (Å²) in [5.74, 6) is -2.32. The SMILES string of the molecule is O=C(OCCOCCOCCN1C(=O)C=CC1=O)C(=O)c1ccccc1. The van der Waals surface area contributed by atoms with Crippen LogP contribution in [0.4, 0.5) is 0 Å². The predicted octanol–water partition coefficient (Wildman–Crippen LogP) is 0.371. The Hall–Kier alpha value is -2.84. The maximum absolute atomic E-state index is 11.7. The third kappa shape index (κ3) is 5.91. The highest BCUT2D eigenvalue weighted by atomic mass is 16.6. The van der Waals surface area contributed by atoms with Gasteiger partial charge < -0.3 is 14.2 Å². The van der Waals surface area contributed by atoms with Crippen molar-refractivity contribution >= 4 is 23.6 Å². The summed E-state index contributed by atoms with van der Waals surface area (Å²) in [7, 11) is 0. The molecule has 1 aliphatic heterocycles. The fourth-order valence-corrected chi connectivity index (χ4v) is 2.10. The number of carbonyl (C=O) groups is 4. The van der Waals surface area contributed by atoms with Crippen LogP contribution in [0.25, 0.3) is 0 Å². The summed E-state index contributed by atoms with van der Waals surface area (Å²) in [5, 5.41) is 0. The summed E-state index contributed by atoms with van der Waals surface area (Å²) in [5.41, 5.74) is 0.275. The van der Waals surface area contributed by atoms with Gasteiger partial charge in [0, 0.05) is 17.7 Å². The molecular weight excluding hydrogens is 342 g/mol. The van der Waals surface area contributed by atoms with Crippen LogP contribution in [0.1, 0.15) is 10.4 Å². The number of ether oxygens (including phenoxy) is 3. The van der Waals surface area contributed by atoms with E-state index >= 15 is 0 Å². The number of hydrogen-bond donors (Lipinski definition) is 0. The van der Waals surface area contributed by atoms with Gasteiger partial charge in [0.2, 0.25) is 0 Å². The second-order valence-corrected chi connectivity index (χ2v) is 5.22. The summed E-state index contributed by atoms with van der Waals surface area (Å²) in [6.45, 7) is 1.00. The number of esters is 1. The first-order valence-electron chi connectivity index (χ1n) is 8.05. The van der Waals surface area contributed by atoms with Crippen LogP contribution in [0.5, 0.6) is 0 Å². The Morgan fingerprint density at radius 2 is 1.38 bits per heavy atom. The number of nitrogens with zero attached hydrogens (tertiary/aromatic N) is 1. The first-order valence-corrected chi connectivity index (χ1v) is 8.05. The van der Waals surface area contributed by atoms with Crippen LogP contribution in [0, 0.1) is 0 Å². The van der Waals surface area contributed by atoms with Gasteiger partial charge in [-0.2, -0.15) is 0 Å². The van der Waals surface area contributed by atoms with Gasteiger partial charge in [0.05, 0.1) is 33.0 Å². The van der Waals surface area contributed by atoms with Crippen LogP contribution >= 0.6 is 0 Å². The van der Waals surface area contributed by atoms with Crippen LogP contribution in [-0.2, 0) is 28.6 Å². The van der Waals surface area contributed by atoms with Crippen molar-refractivity contribution < 1.29 is 33.4 Å². The minimum absolute atomic E-state index is 0.0418. The van der Waals surface area contributed by atoms with E-state index < -0.39 is 11.8 Å². The molecule has 0 N–H and O–H groups in total. The molecule has 2 amide bonds. The highest BCUT2D eigenvalue weighted by molar-refractivity contribution is 6.40. The average molecular weight is 361 g/mol. The third-order valence-electron chi connectivity index (χ3n) is 3.41. The lowest BCUT2D eigenvalue weighted by atomic mass is 10.1. The zero-order valence-electron chi connectivity index (χ0n) is 14.1. The molecule has 0 unspecified atom stereocenters. The van der Waals surface area contributed by atoms with Gasteiger partial charge in [0.25, 0.3) is 17.6 Å². The van der Waals surface area contributed by atoms with Crippen molar-refractivity contribution in [2.24, 2.45) is 0 Å². The number of rotatable bonds is 11. The maximum Gasteiger partial charge on any atom is 0.379 e. The first kappa shape index (κ1) is 19.5. The number of carbonyl (C=O) groups excluding carboxylic acids is 4. The molecule has 1 aliphatic rings. The normalized spacial score (nSPS) is 13.3. The molecule has 8 nitrogen and oxygen atoms in total. The number of ketones is 1. The molecule has 8 heteroatoms. The fourth-order valence-electron chi connectivity index (χ4n) is 2.10. The Bertz CT molecular complexity index is 666. The van der Waals surface area contributed by atoms with Gasteiger partial charge in [0.15, 0.2) is 0 Å². The summed E-state index contributed by atoms with van der Waals surface area (Å²) >= 11 is 0. The zero-order valence-corrected chi connectivity index (χ0v) is 14.1. The fraction of sp³-hybridized carbons (Fsp3) is 0.333. The molecule has 138 valence electrons. The van der Waals surface area contributed by atoms with E-state index in [4.69, 9.17) is 14.2 Å². The van der Waals surface area contributed by atoms with Crippen molar-refractivity contribution in [2.75, 3.05) is 39.6 Å². The second-order valence-electron chi connectivity index (χ2n) is 5.22. The monoisotopic (exact) mass is 361 g/mol. The van der Waals surface area contributed by atoms with E-state index in [2.05, 4.69) is 0 Å². The Morgan fingerprint density at radius 3 is 2.04 bits per heavy atom. The van der Waals surface area contributed by atoms with Crippen LogP contribution in [0.3, 0.4) is 0 Å². The Labute approximate surface area is 150 Å². The van der Waals surface area contributed by atoms with Crippen molar-refractivity contribution in [1.29, 1.82) is 0 Å². The van der Waals surface area contributed by atoms with Crippen LogP contribution in [0.2, 0.25) is 0 Å². The van der Waals surface area contributed by atoms with Gasteiger partial charge in [-0.3, -0.25) is 19.3 Å². The Balaban J connectivity index is 1.47. The first-order chi connectivity index (χ1) is 12.6. The minimum atomic E-state index is -0.926. The third-order valence-corrected chi connectivity index (χ3v) is 3.41. The van der Waals surface area contributed by atoms with E-state index in [1.54, 1.807) is 18.2 Å². The van der Waals surface area contributed by atoms with Crippen LogP contribution in [0.15, 0.2) is 42.5 Å². The van der Waals surface area contributed by atoms with Crippen LogP contribution in [-0.4, -0.2) is 68.0 Å². The molecule has 1 aromatic carbocycles. The van der Waals surface area contributed by atoms with E-state index in [1.165, 1.54) is 24.3 Å². The largest absolute Gasteiger partial charge is 0.457 e. The van der Waals surface area contributed by atoms with Gasteiger partial charge in [-0.1, -0.05) is 30.3 Å². The quantitative estimate of drug-likeness (QED) is 0.185. The molecule has 0 saturated heterocycles. The highest BCUT2D eigenvalue weighted by Crippen LogP contribution is 2.03. The summed E-state index contributed by atoms with van der Waals surface area (Å²) in [6, 6.07) is 8.15. The predicted molar refractivity (Wildman–Crippen MR) is 89.2 cm³/mol. The van der Waals surface area contributed by atoms with Crippen molar-refractivity contribution in [3.8, 4) is 0 Å². The number of amides is 2. The zero-order chi connectivity index (χ0) is 18.8.